The first kappa shape index (κ1) is 19.3. The van der Waals surface area contributed by atoms with Crippen molar-refractivity contribution < 1.29 is 4.79 Å². The molecule has 30 heavy (non-hydrogen) atoms. The summed E-state index contributed by atoms with van der Waals surface area (Å²) in [6.45, 7) is 4.77. The molecule has 0 aliphatic rings. The lowest BCUT2D eigenvalue weighted by Gasteiger charge is -2.08. The zero-order valence-corrected chi connectivity index (χ0v) is 16.8. The number of nitrogens with zero attached hydrogens (tertiary/aromatic N) is 5. The molecule has 0 aliphatic carbocycles. The van der Waals surface area contributed by atoms with Crippen LogP contribution in [0.5, 0.6) is 0 Å². The first-order valence-corrected chi connectivity index (χ1v) is 9.59. The monoisotopic (exact) mass is 402 g/mol. The fourth-order valence-electron chi connectivity index (χ4n) is 3.00. The van der Waals surface area contributed by atoms with Crippen molar-refractivity contribution in [1.29, 1.82) is 0 Å². The van der Waals surface area contributed by atoms with Crippen molar-refractivity contribution in [3.8, 4) is 0 Å². The number of pyridine rings is 2. The number of anilines is 3. The van der Waals surface area contributed by atoms with Gasteiger partial charge in [0, 0.05) is 25.5 Å². The lowest BCUT2D eigenvalue weighted by molar-refractivity contribution is 0.0948. The first-order chi connectivity index (χ1) is 14.6. The second-order valence-corrected chi connectivity index (χ2v) is 6.81. The minimum atomic E-state index is -0.163. The number of carbonyl (C=O) groups is 1. The fourth-order valence-corrected chi connectivity index (χ4v) is 3.00. The van der Waals surface area contributed by atoms with Gasteiger partial charge in [-0.2, -0.15) is 0 Å². The molecule has 152 valence electrons. The summed E-state index contributed by atoms with van der Waals surface area (Å²) in [4.78, 5) is 21.2. The molecule has 3 N–H and O–H groups in total. The molecule has 0 fully saturated rings. The maximum absolute atomic E-state index is 12.5. The molecule has 4 heterocycles. The number of aryl methyl sites for hydroxylation is 2. The Morgan fingerprint density at radius 3 is 2.53 bits per heavy atom. The van der Waals surface area contributed by atoms with Crippen LogP contribution in [-0.2, 0) is 0 Å². The van der Waals surface area contributed by atoms with Crippen molar-refractivity contribution in [3.05, 3.63) is 71.8 Å². The number of carbonyl (C=O) groups excluding carboxylic acids is 1. The van der Waals surface area contributed by atoms with Gasteiger partial charge in [-0.3, -0.25) is 9.20 Å². The average Bonchev–Trinajstić information content (AvgIpc) is 3.09. The average molecular weight is 402 g/mol. The first-order valence-electron chi connectivity index (χ1n) is 9.59. The normalized spacial score (nSPS) is 10.7. The third kappa shape index (κ3) is 4.35. The Morgan fingerprint density at radius 2 is 1.77 bits per heavy atom. The minimum Gasteiger partial charge on any atom is -0.367 e. The molecule has 0 saturated heterocycles. The molecule has 4 rings (SSSR count). The van der Waals surface area contributed by atoms with Gasteiger partial charge in [-0.25, -0.2) is 9.97 Å². The highest BCUT2D eigenvalue weighted by Gasteiger charge is 2.15. The van der Waals surface area contributed by atoms with Gasteiger partial charge in [-0.15, -0.1) is 10.2 Å². The van der Waals surface area contributed by atoms with Gasteiger partial charge in [0.2, 0.25) is 0 Å². The van der Waals surface area contributed by atoms with Gasteiger partial charge < -0.3 is 16.0 Å². The number of aromatic nitrogens is 5. The van der Waals surface area contributed by atoms with E-state index < -0.39 is 0 Å². The summed E-state index contributed by atoms with van der Waals surface area (Å²) in [6.07, 6.45) is 3.62. The second-order valence-electron chi connectivity index (χ2n) is 6.81. The number of amides is 1. The Kier molecular flexibility index (Phi) is 5.51. The van der Waals surface area contributed by atoms with Gasteiger partial charge in [-0.1, -0.05) is 12.1 Å². The Morgan fingerprint density at radius 1 is 0.967 bits per heavy atom. The molecule has 0 radical (unpaired) electrons. The van der Waals surface area contributed by atoms with Crippen LogP contribution in [-0.4, -0.2) is 43.6 Å². The Bertz CT molecular complexity index is 1150. The van der Waals surface area contributed by atoms with Gasteiger partial charge in [0.15, 0.2) is 5.82 Å². The third-order valence-corrected chi connectivity index (χ3v) is 4.47. The molecule has 9 heteroatoms. The molecule has 0 aromatic carbocycles. The van der Waals surface area contributed by atoms with Crippen LogP contribution in [0.15, 0.2) is 54.9 Å². The van der Waals surface area contributed by atoms with Gasteiger partial charge in [0.05, 0.1) is 5.69 Å². The van der Waals surface area contributed by atoms with E-state index in [4.69, 9.17) is 0 Å². The number of rotatable bonds is 7. The van der Waals surface area contributed by atoms with Crippen LogP contribution in [0.2, 0.25) is 0 Å². The zero-order chi connectivity index (χ0) is 20.9. The molecule has 0 bridgehead atoms. The smallest absolute Gasteiger partial charge is 0.270 e. The Labute approximate surface area is 173 Å². The van der Waals surface area contributed by atoms with Gasteiger partial charge >= 0.3 is 0 Å². The summed E-state index contributed by atoms with van der Waals surface area (Å²) in [6, 6.07) is 13.1. The van der Waals surface area contributed by atoms with Crippen molar-refractivity contribution in [1.82, 2.24) is 29.9 Å². The number of fused-ring (bicyclic) bond motifs is 1. The summed E-state index contributed by atoms with van der Waals surface area (Å²) >= 11 is 0. The number of hydrogen-bond donors (Lipinski definition) is 3. The molecule has 0 unspecified atom stereocenters. The van der Waals surface area contributed by atoms with Crippen molar-refractivity contribution in [2.24, 2.45) is 0 Å². The maximum Gasteiger partial charge on any atom is 0.270 e. The van der Waals surface area contributed by atoms with Crippen LogP contribution < -0.4 is 16.0 Å². The van der Waals surface area contributed by atoms with E-state index in [1.165, 1.54) is 0 Å². The van der Waals surface area contributed by atoms with Crippen molar-refractivity contribution in [2.75, 3.05) is 23.7 Å². The fraction of sp³-hybridized carbons (Fsp3) is 0.190. The van der Waals surface area contributed by atoms with E-state index in [-0.39, 0.29) is 5.91 Å². The molecule has 9 nitrogen and oxygen atoms in total. The van der Waals surface area contributed by atoms with Crippen LogP contribution in [0, 0.1) is 13.8 Å². The lowest BCUT2D eigenvalue weighted by atomic mass is 10.3. The zero-order valence-electron chi connectivity index (χ0n) is 16.8. The standard InChI is InChI=1S/C21H22N8O/c1-14-6-7-16(24-13-14)26-18-9-8-17(27-28-18)22-10-11-23-21(30)20-15(2)25-19-5-3-4-12-29(19)20/h3-9,12-13H,10-11H2,1-2H3,(H,22,27)(H,23,30)(H,24,26,28). The van der Waals surface area contributed by atoms with E-state index in [0.717, 1.165) is 11.2 Å². The predicted molar refractivity (Wildman–Crippen MR) is 115 cm³/mol. The van der Waals surface area contributed by atoms with Crippen LogP contribution in [0.3, 0.4) is 0 Å². The molecular formula is C21H22N8O. The van der Waals surface area contributed by atoms with E-state index >= 15 is 0 Å². The largest absolute Gasteiger partial charge is 0.367 e. The van der Waals surface area contributed by atoms with Crippen LogP contribution in [0.25, 0.3) is 5.65 Å². The summed E-state index contributed by atoms with van der Waals surface area (Å²) in [7, 11) is 0. The maximum atomic E-state index is 12.5. The molecule has 0 spiro atoms. The van der Waals surface area contributed by atoms with Gasteiger partial charge in [-0.05, 0) is 49.7 Å². The molecule has 0 saturated carbocycles. The molecule has 1 amide bonds. The van der Waals surface area contributed by atoms with Crippen molar-refractivity contribution in [2.45, 2.75) is 13.8 Å². The number of hydrogen-bond acceptors (Lipinski definition) is 7. The molecule has 4 aromatic rings. The summed E-state index contributed by atoms with van der Waals surface area (Å²) in [5.41, 5.74) is 3.09. The van der Waals surface area contributed by atoms with Gasteiger partial charge in [0.25, 0.3) is 5.91 Å². The summed E-state index contributed by atoms with van der Waals surface area (Å²) in [5.74, 6) is 1.77. The van der Waals surface area contributed by atoms with Crippen molar-refractivity contribution >= 4 is 29.0 Å². The highest BCUT2D eigenvalue weighted by molar-refractivity contribution is 5.94. The van der Waals surface area contributed by atoms with E-state index in [1.54, 1.807) is 10.6 Å². The number of nitrogens with one attached hydrogen (secondary N) is 3. The summed E-state index contributed by atoms with van der Waals surface area (Å²) < 4.78 is 1.79. The Hall–Kier alpha value is -4.01. The SMILES string of the molecule is Cc1ccc(Nc2ccc(NCCNC(=O)c3c(C)nc4ccccn34)nn2)nc1. The third-order valence-electron chi connectivity index (χ3n) is 4.47. The molecule has 0 atom stereocenters. The van der Waals surface area contributed by atoms with Gasteiger partial charge in [0.1, 0.15) is 23.0 Å². The lowest BCUT2D eigenvalue weighted by Crippen LogP contribution is -2.30. The van der Waals surface area contributed by atoms with E-state index in [2.05, 4.69) is 36.1 Å². The van der Waals surface area contributed by atoms with Crippen LogP contribution in [0.1, 0.15) is 21.7 Å². The highest BCUT2D eigenvalue weighted by atomic mass is 16.1. The predicted octanol–water partition coefficient (Wildman–Crippen LogP) is 2.72. The van der Waals surface area contributed by atoms with Crippen LogP contribution in [0.4, 0.5) is 17.5 Å². The number of imidazole rings is 1. The Balaban J connectivity index is 1.27. The van der Waals surface area contributed by atoms with Crippen LogP contribution >= 0.6 is 0 Å². The van der Waals surface area contributed by atoms with Crippen molar-refractivity contribution in [3.63, 3.8) is 0 Å². The quantitative estimate of drug-likeness (QED) is 0.408. The molecule has 4 aromatic heterocycles. The van der Waals surface area contributed by atoms with E-state index in [0.29, 0.717) is 41.9 Å². The second kappa shape index (κ2) is 8.56. The topological polar surface area (TPSA) is 109 Å². The minimum absolute atomic E-state index is 0.163. The summed E-state index contributed by atoms with van der Waals surface area (Å²) in [5, 5.41) is 17.4. The van der Waals surface area contributed by atoms with E-state index in [1.807, 2.05) is 62.5 Å². The highest BCUT2D eigenvalue weighted by Crippen LogP contribution is 2.13. The molecule has 0 aliphatic heterocycles. The molecular weight excluding hydrogens is 380 g/mol. The van der Waals surface area contributed by atoms with E-state index in [9.17, 15) is 4.79 Å².